The van der Waals surface area contributed by atoms with Gasteiger partial charge in [-0.3, -0.25) is 10.1 Å². The third-order valence-electron chi connectivity index (χ3n) is 2.06. The van der Waals surface area contributed by atoms with Crippen LogP contribution in [0.5, 0.6) is 5.75 Å². The van der Waals surface area contributed by atoms with Crippen LogP contribution < -0.4 is 4.74 Å². The molecule has 1 aromatic rings. The lowest BCUT2D eigenvalue weighted by Crippen LogP contribution is -1.99. The van der Waals surface area contributed by atoms with Gasteiger partial charge in [0.25, 0.3) is 5.69 Å². The monoisotopic (exact) mass is 241 g/mol. The van der Waals surface area contributed by atoms with Gasteiger partial charge < -0.3 is 4.74 Å². The van der Waals surface area contributed by atoms with Crippen molar-refractivity contribution in [2.45, 2.75) is 4.90 Å². The third-order valence-corrected chi connectivity index (χ3v) is 3.56. The van der Waals surface area contributed by atoms with Crippen LogP contribution >= 0.6 is 0 Å². The fraction of sp³-hybridized carbons (Fsp3) is 0.111. The van der Waals surface area contributed by atoms with Crippen LogP contribution in [0.3, 0.4) is 0 Å². The Hall–Kier alpha value is -1.89. The molecule has 0 unspecified atom stereocenters. The first-order valence-electron chi connectivity index (χ1n) is 4.33. The molecule has 0 radical (unpaired) electrons. The van der Waals surface area contributed by atoms with Crippen molar-refractivity contribution in [3.8, 4) is 5.75 Å². The number of hydrogen-bond donors (Lipinski definition) is 0. The molecule has 84 valence electrons. The lowest BCUT2D eigenvalue weighted by atomic mass is 10.3. The second-order valence-electron chi connectivity index (χ2n) is 3.12. The number of benzene rings is 1. The number of rotatable bonds is 1. The van der Waals surface area contributed by atoms with Crippen molar-refractivity contribution in [2.24, 2.45) is 0 Å². The Bertz CT molecular complexity index is 576. The average molecular weight is 241 g/mol. The van der Waals surface area contributed by atoms with Gasteiger partial charge in [-0.15, -0.1) is 0 Å². The molecule has 0 N–H and O–H groups in total. The van der Waals surface area contributed by atoms with Crippen LogP contribution in [0.1, 0.15) is 0 Å². The van der Waals surface area contributed by atoms with E-state index in [1.54, 1.807) is 0 Å². The number of ether oxygens (including phenoxy) is 1. The van der Waals surface area contributed by atoms with Gasteiger partial charge in [-0.05, 0) is 12.1 Å². The highest BCUT2D eigenvalue weighted by atomic mass is 32.2. The first-order valence-corrected chi connectivity index (χ1v) is 5.88. The predicted octanol–water partition coefficient (Wildman–Crippen LogP) is 1.27. The Morgan fingerprint density at radius 3 is 2.81 bits per heavy atom. The maximum atomic E-state index is 11.6. The summed E-state index contributed by atoms with van der Waals surface area (Å²) in [5.74, 6) is 0.0131. The molecule has 0 bridgehead atoms. The van der Waals surface area contributed by atoms with Crippen molar-refractivity contribution in [3.63, 3.8) is 0 Å². The Morgan fingerprint density at radius 1 is 1.38 bits per heavy atom. The normalized spacial score (nSPS) is 17.0. The van der Waals surface area contributed by atoms with Gasteiger partial charge in [0.1, 0.15) is 17.3 Å². The molecule has 1 aliphatic heterocycles. The highest BCUT2D eigenvalue weighted by molar-refractivity contribution is 7.94. The van der Waals surface area contributed by atoms with E-state index in [-0.39, 0.29) is 22.9 Å². The maximum Gasteiger partial charge on any atom is 0.273 e. The van der Waals surface area contributed by atoms with E-state index in [1.807, 2.05) is 0 Å². The molecule has 2 rings (SSSR count). The van der Waals surface area contributed by atoms with E-state index in [1.165, 1.54) is 12.1 Å². The molecule has 6 nitrogen and oxygen atoms in total. The van der Waals surface area contributed by atoms with E-state index in [0.717, 1.165) is 17.5 Å². The van der Waals surface area contributed by atoms with Gasteiger partial charge >= 0.3 is 0 Å². The summed E-state index contributed by atoms with van der Waals surface area (Å²) >= 11 is 0. The van der Waals surface area contributed by atoms with E-state index in [2.05, 4.69) is 0 Å². The highest BCUT2D eigenvalue weighted by Crippen LogP contribution is 2.31. The number of hydrogen-bond acceptors (Lipinski definition) is 5. The zero-order valence-corrected chi connectivity index (χ0v) is 8.81. The molecule has 0 spiro atoms. The van der Waals surface area contributed by atoms with Gasteiger partial charge in [0.2, 0.25) is 9.84 Å². The summed E-state index contributed by atoms with van der Waals surface area (Å²) < 4.78 is 28.4. The number of non-ortho nitro benzene ring substituents is 1. The number of nitro groups is 1. The molecule has 0 atom stereocenters. The largest absolute Gasteiger partial charge is 0.488 e. The molecule has 7 heteroatoms. The van der Waals surface area contributed by atoms with Crippen LogP contribution in [0.2, 0.25) is 0 Å². The van der Waals surface area contributed by atoms with Crippen LogP contribution in [-0.2, 0) is 9.84 Å². The SMILES string of the molecule is O=[N+]([O-])c1ccc2c(c1)OCC=CS2(=O)=O. The summed E-state index contributed by atoms with van der Waals surface area (Å²) in [6.07, 6.45) is 1.35. The highest BCUT2D eigenvalue weighted by Gasteiger charge is 2.22. The van der Waals surface area contributed by atoms with Gasteiger partial charge in [-0.1, -0.05) is 0 Å². The van der Waals surface area contributed by atoms with Gasteiger partial charge in [0.15, 0.2) is 0 Å². The van der Waals surface area contributed by atoms with Crippen molar-refractivity contribution in [1.29, 1.82) is 0 Å². The minimum atomic E-state index is -3.55. The zero-order valence-electron chi connectivity index (χ0n) is 7.99. The fourth-order valence-corrected chi connectivity index (χ4v) is 2.47. The molecule has 1 aliphatic rings. The van der Waals surface area contributed by atoms with E-state index in [4.69, 9.17) is 4.74 Å². The minimum Gasteiger partial charge on any atom is -0.488 e. The van der Waals surface area contributed by atoms with E-state index in [0.29, 0.717) is 0 Å². The van der Waals surface area contributed by atoms with Crippen LogP contribution in [0.25, 0.3) is 0 Å². The first kappa shape index (κ1) is 10.6. The van der Waals surface area contributed by atoms with Crippen molar-refractivity contribution >= 4 is 15.5 Å². The molecule has 0 amide bonds. The lowest BCUT2D eigenvalue weighted by molar-refractivity contribution is -0.385. The van der Waals surface area contributed by atoms with E-state index < -0.39 is 14.8 Å². The summed E-state index contributed by atoms with van der Waals surface area (Å²) in [6, 6.07) is 3.43. The molecular formula is C9H7NO5S. The molecular weight excluding hydrogens is 234 g/mol. The lowest BCUT2D eigenvalue weighted by Gasteiger charge is -2.05. The topological polar surface area (TPSA) is 86.5 Å². The standard InChI is InChI=1S/C9H7NO5S/c11-10(12)7-2-3-9-8(6-7)15-4-1-5-16(9,13)14/h1-3,5-6H,4H2. The summed E-state index contributed by atoms with van der Waals surface area (Å²) in [6.45, 7) is 0.0768. The minimum absolute atomic E-state index is 0.0131. The number of sulfone groups is 1. The Labute approximate surface area is 91.2 Å². The van der Waals surface area contributed by atoms with Gasteiger partial charge in [0, 0.05) is 11.5 Å². The second kappa shape index (κ2) is 3.60. The molecule has 1 heterocycles. The van der Waals surface area contributed by atoms with Gasteiger partial charge in [-0.2, -0.15) is 0 Å². The summed E-state index contributed by atoms with van der Waals surface area (Å²) in [5, 5.41) is 11.6. The number of nitro benzene ring substituents is 1. The summed E-state index contributed by atoms with van der Waals surface area (Å²) in [5.41, 5.74) is -0.198. The Kier molecular flexibility index (Phi) is 2.39. The molecule has 0 saturated heterocycles. The quantitative estimate of drug-likeness (QED) is 0.546. The van der Waals surface area contributed by atoms with Crippen molar-refractivity contribution in [1.82, 2.24) is 0 Å². The van der Waals surface area contributed by atoms with Crippen LogP contribution in [0.4, 0.5) is 5.69 Å². The van der Waals surface area contributed by atoms with Crippen LogP contribution in [0, 0.1) is 10.1 Å². The second-order valence-corrected chi connectivity index (χ2v) is 4.92. The van der Waals surface area contributed by atoms with Gasteiger partial charge in [0.05, 0.1) is 11.0 Å². The maximum absolute atomic E-state index is 11.6. The average Bonchev–Trinajstić information content (AvgIpc) is 2.37. The zero-order chi connectivity index (χ0) is 11.8. The molecule has 16 heavy (non-hydrogen) atoms. The fourth-order valence-electron chi connectivity index (χ4n) is 1.34. The van der Waals surface area contributed by atoms with Crippen LogP contribution in [0.15, 0.2) is 34.6 Å². The number of fused-ring (bicyclic) bond motifs is 1. The van der Waals surface area contributed by atoms with Crippen molar-refractivity contribution in [3.05, 3.63) is 39.8 Å². The van der Waals surface area contributed by atoms with Gasteiger partial charge in [-0.25, -0.2) is 8.42 Å². The van der Waals surface area contributed by atoms with Crippen molar-refractivity contribution in [2.75, 3.05) is 6.61 Å². The van der Waals surface area contributed by atoms with E-state index >= 15 is 0 Å². The third kappa shape index (κ3) is 1.76. The molecule has 0 saturated carbocycles. The number of nitrogens with zero attached hydrogens (tertiary/aromatic N) is 1. The molecule has 0 aliphatic carbocycles. The van der Waals surface area contributed by atoms with Crippen molar-refractivity contribution < 1.29 is 18.1 Å². The summed E-state index contributed by atoms with van der Waals surface area (Å²) in [7, 11) is -3.55. The molecule has 0 aromatic heterocycles. The molecule has 0 fully saturated rings. The smallest absolute Gasteiger partial charge is 0.273 e. The Balaban J connectivity index is 2.63. The summed E-state index contributed by atoms with van der Waals surface area (Å²) in [4.78, 5) is 9.87. The van der Waals surface area contributed by atoms with E-state index in [9.17, 15) is 18.5 Å². The van der Waals surface area contributed by atoms with Crippen LogP contribution in [-0.4, -0.2) is 19.9 Å². The predicted molar refractivity (Wildman–Crippen MR) is 54.9 cm³/mol. The Morgan fingerprint density at radius 2 is 2.12 bits per heavy atom. The molecule has 1 aromatic carbocycles. The first-order chi connectivity index (χ1) is 7.50.